The maximum atomic E-state index is 11.9. The van der Waals surface area contributed by atoms with Crippen molar-refractivity contribution in [2.45, 2.75) is 31.2 Å². The number of rotatable bonds is 6. The number of para-hydroxylation sites is 1. The van der Waals surface area contributed by atoms with Crippen LogP contribution in [0.3, 0.4) is 0 Å². The van der Waals surface area contributed by atoms with E-state index in [1.807, 2.05) is 13.8 Å². The molecule has 1 aromatic carbocycles. The zero-order chi connectivity index (χ0) is 15.3. The minimum Gasteiger partial charge on any atom is -0.327 e. The second-order valence-corrected chi connectivity index (χ2v) is 6.72. The van der Waals surface area contributed by atoms with Crippen molar-refractivity contribution >= 4 is 21.6 Å². The summed E-state index contributed by atoms with van der Waals surface area (Å²) in [6.45, 7) is 3.86. The number of carbonyl (C=O) groups is 1. The first-order chi connectivity index (χ1) is 9.27. The normalized spacial score (nSPS) is 13.2. The van der Waals surface area contributed by atoms with Gasteiger partial charge in [0, 0.05) is 12.5 Å². The highest BCUT2D eigenvalue weighted by Crippen LogP contribution is 2.20. The fourth-order valence-electron chi connectivity index (χ4n) is 1.57. The fourth-order valence-corrected chi connectivity index (χ4v) is 2.45. The van der Waals surface area contributed by atoms with Crippen molar-refractivity contribution in [3.8, 4) is 0 Å². The molecule has 0 spiro atoms. The van der Waals surface area contributed by atoms with Gasteiger partial charge >= 0.3 is 0 Å². The number of benzene rings is 1. The van der Waals surface area contributed by atoms with Gasteiger partial charge in [0.25, 0.3) is 0 Å². The smallest absolute Gasteiger partial charge is 0.242 e. The van der Waals surface area contributed by atoms with Crippen molar-refractivity contribution in [3.63, 3.8) is 0 Å². The third-order valence-corrected chi connectivity index (χ3v) is 4.47. The van der Waals surface area contributed by atoms with Crippen LogP contribution in [0.1, 0.15) is 20.3 Å². The summed E-state index contributed by atoms with van der Waals surface area (Å²) >= 11 is 0. The average molecular weight is 299 g/mol. The summed E-state index contributed by atoms with van der Waals surface area (Å²) in [4.78, 5) is 11.9. The van der Waals surface area contributed by atoms with E-state index in [4.69, 9.17) is 5.73 Å². The Kier molecular flexibility index (Phi) is 5.67. The molecule has 0 bridgehead atoms. The first-order valence-electron chi connectivity index (χ1n) is 6.36. The van der Waals surface area contributed by atoms with Crippen LogP contribution in [0.15, 0.2) is 29.2 Å². The van der Waals surface area contributed by atoms with E-state index < -0.39 is 10.0 Å². The maximum Gasteiger partial charge on any atom is 0.242 e. The molecular formula is C13H21N3O3S. The summed E-state index contributed by atoms with van der Waals surface area (Å²) in [7, 11) is -2.29. The third-order valence-electron chi connectivity index (χ3n) is 3.00. The highest BCUT2D eigenvalue weighted by atomic mass is 32.2. The van der Waals surface area contributed by atoms with Crippen molar-refractivity contribution in [2.24, 2.45) is 11.7 Å². The molecule has 0 saturated heterocycles. The number of carbonyl (C=O) groups excluding carboxylic acids is 1. The van der Waals surface area contributed by atoms with E-state index in [0.717, 1.165) is 0 Å². The van der Waals surface area contributed by atoms with Crippen LogP contribution in [-0.4, -0.2) is 27.4 Å². The van der Waals surface area contributed by atoms with Gasteiger partial charge in [-0.25, -0.2) is 13.1 Å². The van der Waals surface area contributed by atoms with Gasteiger partial charge in [-0.1, -0.05) is 26.0 Å². The second-order valence-electron chi connectivity index (χ2n) is 4.86. The molecule has 1 amide bonds. The summed E-state index contributed by atoms with van der Waals surface area (Å²) in [6.07, 6.45) is 0.144. The van der Waals surface area contributed by atoms with Gasteiger partial charge < -0.3 is 11.1 Å². The largest absolute Gasteiger partial charge is 0.327 e. The Labute approximate surface area is 119 Å². The molecular weight excluding hydrogens is 278 g/mol. The standard InChI is InChI=1S/C13H21N3O3S/c1-9(2)10(14)8-13(17)16-11-6-4-5-7-12(11)20(18,19)15-3/h4-7,9-10,15H,8,14H2,1-3H3,(H,16,17). The van der Waals surface area contributed by atoms with Gasteiger partial charge in [-0.15, -0.1) is 0 Å². The van der Waals surface area contributed by atoms with Crippen LogP contribution in [0.2, 0.25) is 0 Å². The molecule has 20 heavy (non-hydrogen) atoms. The molecule has 0 aliphatic carbocycles. The lowest BCUT2D eigenvalue weighted by atomic mass is 10.0. The summed E-state index contributed by atoms with van der Waals surface area (Å²) < 4.78 is 25.9. The van der Waals surface area contributed by atoms with Crippen LogP contribution >= 0.6 is 0 Å². The van der Waals surface area contributed by atoms with Crippen molar-refractivity contribution in [1.29, 1.82) is 0 Å². The molecule has 0 aliphatic rings. The lowest BCUT2D eigenvalue weighted by molar-refractivity contribution is -0.116. The molecule has 0 heterocycles. The lowest BCUT2D eigenvalue weighted by Gasteiger charge is -2.16. The minimum atomic E-state index is -3.62. The van der Waals surface area contributed by atoms with E-state index in [2.05, 4.69) is 10.0 Å². The van der Waals surface area contributed by atoms with Crippen molar-refractivity contribution in [3.05, 3.63) is 24.3 Å². The van der Waals surface area contributed by atoms with Crippen molar-refractivity contribution in [2.75, 3.05) is 12.4 Å². The van der Waals surface area contributed by atoms with Crippen molar-refractivity contribution in [1.82, 2.24) is 4.72 Å². The molecule has 0 radical (unpaired) electrons. The third kappa shape index (κ3) is 4.29. The van der Waals surface area contributed by atoms with E-state index >= 15 is 0 Å². The Bertz CT molecular complexity index is 570. The molecule has 7 heteroatoms. The molecule has 0 aromatic heterocycles. The predicted molar refractivity (Wildman–Crippen MR) is 78.7 cm³/mol. The molecule has 6 nitrogen and oxygen atoms in total. The van der Waals surface area contributed by atoms with E-state index in [1.165, 1.54) is 13.1 Å². The van der Waals surface area contributed by atoms with Crippen LogP contribution in [0.4, 0.5) is 5.69 Å². The second kappa shape index (κ2) is 6.83. The molecule has 1 unspecified atom stereocenters. The van der Waals surface area contributed by atoms with Gasteiger partial charge in [-0.2, -0.15) is 0 Å². The number of nitrogens with two attached hydrogens (primary N) is 1. The highest BCUT2D eigenvalue weighted by molar-refractivity contribution is 7.89. The van der Waals surface area contributed by atoms with Gasteiger partial charge in [-0.05, 0) is 25.1 Å². The Hall–Kier alpha value is -1.44. The van der Waals surface area contributed by atoms with Gasteiger partial charge in [0.15, 0.2) is 0 Å². The van der Waals surface area contributed by atoms with Crippen LogP contribution in [0.5, 0.6) is 0 Å². The summed E-state index contributed by atoms with van der Waals surface area (Å²) in [6, 6.07) is 5.97. The molecule has 0 aliphatic heterocycles. The molecule has 0 fully saturated rings. The minimum absolute atomic E-state index is 0.0361. The lowest BCUT2D eigenvalue weighted by Crippen LogP contribution is -2.32. The van der Waals surface area contributed by atoms with Gasteiger partial charge in [0.1, 0.15) is 4.90 Å². The molecule has 1 atom stereocenters. The van der Waals surface area contributed by atoms with Crippen LogP contribution in [0.25, 0.3) is 0 Å². The topological polar surface area (TPSA) is 101 Å². The van der Waals surface area contributed by atoms with E-state index in [1.54, 1.807) is 18.2 Å². The zero-order valence-electron chi connectivity index (χ0n) is 11.9. The quantitative estimate of drug-likeness (QED) is 0.726. The van der Waals surface area contributed by atoms with E-state index in [-0.39, 0.29) is 34.9 Å². The molecule has 112 valence electrons. The Morgan fingerprint density at radius 1 is 1.30 bits per heavy atom. The average Bonchev–Trinajstić information content (AvgIpc) is 2.38. The van der Waals surface area contributed by atoms with Crippen LogP contribution in [0, 0.1) is 5.92 Å². The zero-order valence-corrected chi connectivity index (χ0v) is 12.7. The molecule has 4 N–H and O–H groups in total. The number of hydrogen-bond acceptors (Lipinski definition) is 4. The Balaban J connectivity index is 2.91. The van der Waals surface area contributed by atoms with Gasteiger partial charge in [0.05, 0.1) is 5.69 Å². The first kappa shape index (κ1) is 16.6. The Morgan fingerprint density at radius 3 is 2.45 bits per heavy atom. The van der Waals surface area contributed by atoms with Crippen LogP contribution in [-0.2, 0) is 14.8 Å². The summed E-state index contributed by atoms with van der Waals surface area (Å²) in [5.74, 6) is -0.123. The number of amides is 1. The fraction of sp³-hybridized carbons (Fsp3) is 0.462. The van der Waals surface area contributed by atoms with Gasteiger partial charge in [-0.3, -0.25) is 4.79 Å². The van der Waals surface area contributed by atoms with Crippen LogP contribution < -0.4 is 15.8 Å². The van der Waals surface area contributed by atoms with Gasteiger partial charge in [0.2, 0.25) is 15.9 Å². The predicted octanol–water partition coefficient (Wildman–Crippen LogP) is 0.907. The Morgan fingerprint density at radius 2 is 1.90 bits per heavy atom. The van der Waals surface area contributed by atoms with E-state index in [0.29, 0.717) is 0 Å². The monoisotopic (exact) mass is 299 g/mol. The summed E-state index contributed by atoms with van der Waals surface area (Å²) in [5.41, 5.74) is 6.08. The molecule has 1 aromatic rings. The molecule has 0 saturated carbocycles. The number of anilines is 1. The number of hydrogen-bond donors (Lipinski definition) is 3. The number of sulfonamides is 1. The van der Waals surface area contributed by atoms with Crippen molar-refractivity contribution < 1.29 is 13.2 Å². The SMILES string of the molecule is CNS(=O)(=O)c1ccccc1NC(=O)CC(N)C(C)C. The maximum absolute atomic E-state index is 11.9. The van der Waals surface area contributed by atoms with E-state index in [9.17, 15) is 13.2 Å². The first-order valence-corrected chi connectivity index (χ1v) is 7.84. The molecule has 1 rings (SSSR count). The number of nitrogens with one attached hydrogen (secondary N) is 2. The highest BCUT2D eigenvalue weighted by Gasteiger charge is 2.19. The summed E-state index contributed by atoms with van der Waals surface area (Å²) in [5, 5.41) is 2.60.